The highest BCUT2D eigenvalue weighted by atomic mass is 35.5. The van der Waals surface area contributed by atoms with Crippen LogP contribution < -0.4 is 16.0 Å². The lowest BCUT2D eigenvalue weighted by molar-refractivity contribution is -0.118. The van der Waals surface area contributed by atoms with Crippen LogP contribution >= 0.6 is 22.9 Å². The molecule has 8 nitrogen and oxygen atoms in total. The Balaban J connectivity index is 1.47. The van der Waals surface area contributed by atoms with Gasteiger partial charge in [-0.2, -0.15) is 0 Å². The number of alkyl carbamates (subject to hydrolysis) is 1. The number of hydrogen-bond acceptors (Lipinski definition) is 6. The van der Waals surface area contributed by atoms with Crippen molar-refractivity contribution in [3.8, 4) is 0 Å². The highest BCUT2D eigenvalue weighted by Crippen LogP contribution is 2.35. The maximum Gasteiger partial charge on any atom is 0.407 e. The van der Waals surface area contributed by atoms with Gasteiger partial charge in [0.05, 0.1) is 9.21 Å². The van der Waals surface area contributed by atoms with Crippen LogP contribution in [0.5, 0.6) is 0 Å². The van der Waals surface area contributed by atoms with Crippen molar-refractivity contribution in [2.75, 3.05) is 25.5 Å². The second-order valence-corrected chi connectivity index (χ2v) is 12.2. The molecule has 1 aromatic heterocycles. The number of hydrogen-bond donors (Lipinski definition) is 3. The van der Waals surface area contributed by atoms with Crippen LogP contribution in [0.3, 0.4) is 0 Å². The van der Waals surface area contributed by atoms with Gasteiger partial charge < -0.3 is 25.6 Å². The summed E-state index contributed by atoms with van der Waals surface area (Å²) in [5.74, 6) is -0.957. The Labute approximate surface area is 220 Å². The second-order valence-electron chi connectivity index (χ2n) is 10.5. The zero-order valence-corrected chi connectivity index (χ0v) is 22.6. The molecule has 36 heavy (non-hydrogen) atoms. The van der Waals surface area contributed by atoms with E-state index in [2.05, 4.69) is 34.0 Å². The van der Waals surface area contributed by atoms with Gasteiger partial charge in [-0.05, 0) is 82.5 Å². The molecular weight excluding hydrogens is 500 g/mol. The molecule has 0 radical (unpaired) electrons. The van der Waals surface area contributed by atoms with E-state index < -0.39 is 17.7 Å². The van der Waals surface area contributed by atoms with Crippen LogP contribution in [0.2, 0.25) is 4.34 Å². The van der Waals surface area contributed by atoms with Gasteiger partial charge in [0, 0.05) is 30.7 Å². The third-order valence-corrected chi connectivity index (χ3v) is 7.57. The van der Waals surface area contributed by atoms with Crippen LogP contribution in [0.15, 0.2) is 30.3 Å². The quantitative estimate of drug-likeness (QED) is 0.520. The standard InChI is InChI=1S/C26H33ClN4O4S/c1-26(2,3)35-25(34)29-19-14-18(19)22(30-23(32)20-7-8-21(27)36-20)24(33)28-17-6-5-15-9-11-31(4)12-10-16(15)13-17/h5-8,13,18-19,22H,9-12,14H2,1-4H3,(H,28,33)(H,29,34)(H,30,32)/t18?,19?,22-/m1/s1. The Morgan fingerprint density at radius 2 is 1.83 bits per heavy atom. The second kappa shape index (κ2) is 10.8. The van der Waals surface area contributed by atoms with Gasteiger partial charge in [-0.1, -0.05) is 17.7 Å². The summed E-state index contributed by atoms with van der Waals surface area (Å²) in [5, 5.41) is 8.66. The van der Waals surface area contributed by atoms with E-state index in [0.29, 0.717) is 21.3 Å². The number of amides is 3. The Kier molecular flexibility index (Phi) is 7.92. The van der Waals surface area contributed by atoms with Crippen molar-refractivity contribution >= 4 is 46.5 Å². The first-order valence-electron chi connectivity index (χ1n) is 12.2. The van der Waals surface area contributed by atoms with Gasteiger partial charge in [0.2, 0.25) is 5.91 Å². The Bertz CT molecular complexity index is 1150. The lowest BCUT2D eigenvalue weighted by atomic mass is 10.0. The van der Waals surface area contributed by atoms with Gasteiger partial charge in [0.15, 0.2) is 0 Å². The summed E-state index contributed by atoms with van der Waals surface area (Å²) in [6.07, 6.45) is 1.90. The van der Waals surface area contributed by atoms with Crippen LogP contribution in [0.25, 0.3) is 0 Å². The number of fused-ring (bicyclic) bond motifs is 1. The molecule has 2 aromatic rings. The molecule has 1 fully saturated rings. The number of halogens is 1. The molecule has 0 saturated heterocycles. The van der Waals surface area contributed by atoms with Crippen LogP contribution in [0.4, 0.5) is 10.5 Å². The van der Waals surface area contributed by atoms with E-state index in [1.54, 1.807) is 32.9 Å². The molecule has 2 aliphatic rings. The highest BCUT2D eigenvalue weighted by molar-refractivity contribution is 7.18. The molecule has 3 N–H and O–H groups in total. The molecule has 4 rings (SSSR count). The first-order chi connectivity index (χ1) is 17.0. The summed E-state index contributed by atoms with van der Waals surface area (Å²) >= 11 is 7.14. The van der Waals surface area contributed by atoms with Gasteiger partial charge in [0.1, 0.15) is 11.6 Å². The predicted octanol–water partition coefficient (Wildman–Crippen LogP) is 4.08. The van der Waals surface area contributed by atoms with Gasteiger partial charge in [-0.25, -0.2) is 4.79 Å². The molecule has 0 spiro atoms. The zero-order chi connectivity index (χ0) is 26.0. The summed E-state index contributed by atoms with van der Waals surface area (Å²) in [4.78, 5) is 41.2. The number of carbonyl (C=O) groups is 3. The fraction of sp³-hybridized carbons (Fsp3) is 0.500. The summed E-state index contributed by atoms with van der Waals surface area (Å²) in [6, 6.07) is 8.16. The third-order valence-electron chi connectivity index (χ3n) is 6.34. The Hall–Kier alpha value is -2.62. The van der Waals surface area contributed by atoms with E-state index in [1.807, 2.05) is 12.1 Å². The Morgan fingerprint density at radius 3 is 2.50 bits per heavy atom. The van der Waals surface area contributed by atoms with Crippen molar-refractivity contribution < 1.29 is 19.1 Å². The maximum absolute atomic E-state index is 13.4. The van der Waals surface area contributed by atoms with Gasteiger partial charge in [-0.15, -0.1) is 11.3 Å². The number of rotatable bonds is 6. The van der Waals surface area contributed by atoms with E-state index in [1.165, 1.54) is 11.1 Å². The molecule has 194 valence electrons. The molecule has 1 aliphatic carbocycles. The van der Waals surface area contributed by atoms with E-state index in [0.717, 1.165) is 37.3 Å². The smallest absolute Gasteiger partial charge is 0.407 e. The summed E-state index contributed by atoms with van der Waals surface area (Å²) < 4.78 is 5.84. The molecule has 2 heterocycles. The fourth-order valence-corrected chi connectivity index (χ4v) is 5.30. The topological polar surface area (TPSA) is 99.8 Å². The maximum atomic E-state index is 13.4. The van der Waals surface area contributed by atoms with Gasteiger partial charge >= 0.3 is 6.09 Å². The van der Waals surface area contributed by atoms with Crippen molar-refractivity contribution in [1.82, 2.24) is 15.5 Å². The van der Waals surface area contributed by atoms with Gasteiger partial charge in [0.25, 0.3) is 5.91 Å². The molecular formula is C26H33ClN4O4S. The minimum atomic E-state index is -0.830. The van der Waals surface area contributed by atoms with Crippen LogP contribution in [-0.2, 0) is 22.4 Å². The molecule has 1 aliphatic heterocycles. The van der Waals surface area contributed by atoms with Gasteiger partial charge in [-0.3, -0.25) is 9.59 Å². The van der Waals surface area contributed by atoms with E-state index in [-0.39, 0.29) is 23.8 Å². The lowest BCUT2D eigenvalue weighted by Gasteiger charge is -2.21. The third kappa shape index (κ3) is 6.99. The number of likely N-dealkylation sites (N-methyl/N-ethyl adjacent to an activating group) is 1. The average Bonchev–Trinajstić information content (AvgIpc) is 3.44. The van der Waals surface area contributed by atoms with Crippen LogP contribution in [0, 0.1) is 5.92 Å². The van der Waals surface area contributed by atoms with Crippen molar-refractivity contribution in [3.05, 3.63) is 50.7 Å². The number of nitrogens with one attached hydrogen (secondary N) is 3. The highest BCUT2D eigenvalue weighted by Gasteiger charge is 2.48. The summed E-state index contributed by atoms with van der Waals surface area (Å²) in [7, 11) is 2.11. The Morgan fingerprint density at radius 1 is 1.11 bits per heavy atom. The molecule has 10 heteroatoms. The minimum Gasteiger partial charge on any atom is -0.444 e. The van der Waals surface area contributed by atoms with E-state index >= 15 is 0 Å². The predicted molar refractivity (Wildman–Crippen MR) is 142 cm³/mol. The summed E-state index contributed by atoms with van der Waals surface area (Å²) in [5.41, 5.74) is 2.58. The van der Waals surface area contributed by atoms with Crippen molar-refractivity contribution in [2.45, 2.75) is 57.7 Å². The molecule has 3 amide bonds. The number of thiophene rings is 1. The molecule has 0 bridgehead atoms. The van der Waals surface area contributed by atoms with E-state index in [9.17, 15) is 14.4 Å². The fourth-order valence-electron chi connectivity index (χ4n) is 4.36. The number of benzene rings is 1. The number of nitrogens with zero attached hydrogens (tertiary/aromatic N) is 1. The van der Waals surface area contributed by atoms with Crippen LogP contribution in [0.1, 0.15) is 48.0 Å². The van der Waals surface area contributed by atoms with Crippen molar-refractivity contribution in [2.24, 2.45) is 5.92 Å². The molecule has 3 atom stereocenters. The normalized spacial score (nSPS) is 20.5. The van der Waals surface area contributed by atoms with Crippen molar-refractivity contribution in [1.29, 1.82) is 0 Å². The largest absolute Gasteiger partial charge is 0.444 e. The minimum absolute atomic E-state index is 0.258. The number of ether oxygens (including phenoxy) is 1. The van der Waals surface area contributed by atoms with E-state index in [4.69, 9.17) is 16.3 Å². The lowest BCUT2D eigenvalue weighted by Crippen LogP contribution is -2.47. The number of carbonyl (C=O) groups excluding carboxylic acids is 3. The molecule has 1 aromatic carbocycles. The zero-order valence-electron chi connectivity index (χ0n) is 21.0. The molecule has 2 unspecified atom stereocenters. The first-order valence-corrected chi connectivity index (χ1v) is 13.3. The van der Waals surface area contributed by atoms with Crippen LogP contribution in [-0.4, -0.2) is 60.6 Å². The molecule has 1 saturated carbocycles. The summed E-state index contributed by atoms with van der Waals surface area (Å²) in [6.45, 7) is 7.34. The van der Waals surface area contributed by atoms with Crippen molar-refractivity contribution in [3.63, 3.8) is 0 Å². The number of anilines is 1. The monoisotopic (exact) mass is 532 g/mol. The first kappa shape index (κ1) is 26.4. The average molecular weight is 533 g/mol. The SMILES string of the molecule is CN1CCc2ccc(NC(=O)[C@H](NC(=O)c3ccc(Cl)s3)C3CC3NC(=O)OC(C)(C)C)cc2CC1.